The second kappa shape index (κ2) is 37.2. The average molecular weight is 680 g/mol. The van der Waals surface area contributed by atoms with Gasteiger partial charge in [-0.2, -0.15) is 0 Å². The molecule has 0 aromatic heterocycles. The van der Waals surface area contributed by atoms with Crippen molar-refractivity contribution in [1.29, 1.82) is 0 Å². The van der Waals surface area contributed by atoms with Crippen molar-refractivity contribution in [1.82, 2.24) is 10.6 Å². The molecule has 0 aliphatic heterocycles. The van der Waals surface area contributed by atoms with Gasteiger partial charge >= 0.3 is 0 Å². The van der Waals surface area contributed by atoms with Crippen LogP contribution < -0.4 is 10.6 Å². The van der Waals surface area contributed by atoms with E-state index in [4.69, 9.17) is 11.6 Å². The van der Waals surface area contributed by atoms with Crippen LogP contribution in [0.1, 0.15) is 194 Å². The zero-order valence-electron chi connectivity index (χ0n) is 31.4. The molecule has 0 saturated heterocycles. The van der Waals surface area contributed by atoms with Gasteiger partial charge in [-0.1, -0.05) is 152 Å². The van der Waals surface area contributed by atoms with E-state index in [1.54, 1.807) is 0 Å². The number of hydrogen-bond acceptors (Lipinski definition) is 2. The molecule has 0 aromatic carbocycles. The van der Waals surface area contributed by atoms with Gasteiger partial charge in [-0.3, -0.25) is 9.59 Å². The van der Waals surface area contributed by atoms with Gasteiger partial charge in [-0.25, -0.2) is 4.58 Å². The predicted octanol–water partition coefficient (Wildman–Crippen LogP) is 11.6. The predicted molar refractivity (Wildman–Crippen MR) is 207 cm³/mol. The van der Waals surface area contributed by atoms with Gasteiger partial charge in [-0.15, -0.1) is 0 Å². The lowest BCUT2D eigenvalue weighted by molar-refractivity contribution is -0.479. The second-order valence-corrected chi connectivity index (χ2v) is 13.8. The van der Waals surface area contributed by atoms with Gasteiger partial charge in [0.2, 0.25) is 17.8 Å². The normalized spacial score (nSPS) is 11.5. The molecule has 0 fully saturated rings. The van der Waals surface area contributed by atoms with Crippen molar-refractivity contribution < 1.29 is 14.2 Å². The van der Waals surface area contributed by atoms with Crippen LogP contribution in [0.5, 0.6) is 0 Å². The Morgan fingerprint density at radius 2 is 0.787 bits per heavy atom. The Kier molecular flexibility index (Phi) is 35.9. The summed E-state index contributed by atoms with van der Waals surface area (Å²) in [6.45, 7) is 5.37. The van der Waals surface area contributed by atoms with E-state index >= 15 is 0 Å². The topological polar surface area (TPSA) is 61.2 Å². The number of alkyl halides is 1. The molecule has 0 unspecified atom stereocenters. The fraction of sp³-hybridized carbons (Fsp3) is 0.829. The lowest BCUT2D eigenvalue weighted by atomic mass is 10.1. The zero-order valence-corrected chi connectivity index (χ0v) is 32.1. The third-order valence-electron chi connectivity index (χ3n) is 9.03. The Morgan fingerprint density at radius 1 is 0.489 bits per heavy atom. The zero-order chi connectivity index (χ0) is 34.5. The number of carbonyl (C=O) groups is 2. The van der Waals surface area contributed by atoms with Crippen molar-refractivity contribution in [3.05, 3.63) is 24.3 Å². The number of nitrogens with one attached hydrogen (secondary N) is 2. The summed E-state index contributed by atoms with van der Waals surface area (Å²) in [4.78, 5) is 24.8. The van der Waals surface area contributed by atoms with E-state index in [1.807, 2.05) is 11.6 Å². The smallest absolute Gasteiger partial charge is 0.220 e. The first-order valence-corrected chi connectivity index (χ1v) is 20.5. The molecule has 47 heavy (non-hydrogen) atoms. The molecule has 2 N–H and O–H groups in total. The summed E-state index contributed by atoms with van der Waals surface area (Å²) in [6, 6.07) is 0.323. The molecule has 0 bridgehead atoms. The van der Waals surface area contributed by atoms with Crippen molar-refractivity contribution in [2.24, 2.45) is 0 Å². The van der Waals surface area contributed by atoms with Gasteiger partial charge in [0.05, 0.1) is 13.1 Å². The lowest BCUT2D eigenvalue weighted by Crippen LogP contribution is -2.41. The highest BCUT2D eigenvalue weighted by atomic mass is 35.5. The molecule has 5 nitrogen and oxygen atoms in total. The minimum Gasteiger partial charge on any atom is -0.346 e. The van der Waals surface area contributed by atoms with Gasteiger partial charge in [0.15, 0.2) is 5.71 Å². The molecule has 0 atom stereocenters. The van der Waals surface area contributed by atoms with Crippen LogP contribution in [0, 0.1) is 0 Å². The molecule has 2 amide bonds. The summed E-state index contributed by atoms with van der Waals surface area (Å²) < 4.78 is 1.90. The SMILES string of the molecule is CCCCCCCC/C=C/CCCCCCCC(=O)NCC(CNC(=O)CCCCCCC/C=C/CCCCCCCC)=[N+](C)CCl. The Hall–Kier alpha value is -1.62. The highest BCUT2D eigenvalue weighted by Crippen LogP contribution is 2.11. The Bertz CT molecular complexity index is 751. The van der Waals surface area contributed by atoms with E-state index in [2.05, 4.69) is 48.8 Å². The molecular weight excluding hydrogens is 602 g/mol. The highest BCUT2D eigenvalue weighted by molar-refractivity contribution is 6.17. The maximum atomic E-state index is 12.4. The summed E-state index contributed by atoms with van der Waals surface area (Å²) in [5, 5.41) is 6.06. The number of halogens is 1. The van der Waals surface area contributed by atoms with E-state index in [-0.39, 0.29) is 11.8 Å². The molecule has 0 saturated carbocycles. The number of amides is 2. The Balaban J connectivity index is 3.81. The van der Waals surface area contributed by atoms with Gasteiger partial charge in [0.1, 0.15) is 7.05 Å². The molecule has 274 valence electrons. The maximum Gasteiger partial charge on any atom is 0.220 e. The number of hydrogen-bond donors (Lipinski definition) is 2. The standard InChI is InChI=1S/C41H76ClN3O2/c1-4-6-8-10-12-14-16-18-20-22-24-26-28-30-32-34-40(46)43-36-39(45(3)38-42)37-44-41(47)35-33-31-29-27-25-23-21-19-17-15-13-11-9-7-5-2/h18-21H,4-17,22-38H2,1-3H3,(H-,43,44,46,47)/p+1/b20-18+,21-19+. The van der Waals surface area contributed by atoms with Crippen molar-refractivity contribution in [2.75, 3.05) is 26.1 Å². The summed E-state index contributed by atoms with van der Waals surface area (Å²) >= 11 is 6.06. The van der Waals surface area contributed by atoms with Crippen LogP contribution in [-0.2, 0) is 9.59 Å². The molecule has 6 heteroatoms. The van der Waals surface area contributed by atoms with Crippen LogP contribution >= 0.6 is 11.6 Å². The first kappa shape index (κ1) is 45.4. The summed E-state index contributed by atoms with van der Waals surface area (Å²) in [6.07, 6.45) is 43.1. The summed E-state index contributed by atoms with van der Waals surface area (Å²) in [5.74, 6) is 0.144. The van der Waals surface area contributed by atoms with Crippen molar-refractivity contribution in [3.8, 4) is 0 Å². The fourth-order valence-corrected chi connectivity index (χ4v) is 5.88. The number of carbonyl (C=O) groups excluding carboxylic acids is 2. The van der Waals surface area contributed by atoms with Gasteiger partial charge in [0, 0.05) is 12.8 Å². The monoisotopic (exact) mass is 679 g/mol. The number of rotatable bonds is 35. The van der Waals surface area contributed by atoms with E-state index in [0.717, 1.165) is 31.4 Å². The molecule has 0 aromatic rings. The van der Waals surface area contributed by atoms with Gasteiger partial charge in [0.25, 0.3) is 0 Å². The molecule has 0 heterocycles. The first-order valence-electron chi connectivity index (χ1n) is 20.0. The average Bonchev–Trinajstić information content (AvgIpc) is 3.07. The third-order valence-corrected chi connectivity index (χ3v) is 9.39. The van der Waals surface area contributed by atoms with Crippen molar-refractivity contribution in [3.63, 3.8) is 0 Å². The first-order chi connectivity index (χ1) is 23.0. The third kappa shape index (κ3) is 34.1. The van der Waals surface area contributed by atoms with E-state index in [9.17, 15) is 9.59 Å². The van der Waals surface area contributed by atoms with Crippen molar-refractivity contribution in [2.45, 2.75) is 194 Å². The van der Waals surface area contributed by atoms with Gasteiger partial charge in [-0.05, 0) is 64.2 Å². The highest BCUT2D eigenvalue weighted by Gasteiger charge is 2.14. The van der Waals surface area contributed by atoms with Crippen molar-refractivity contribution >= 4 is 29.1 Å². The molecule has 0 spiro atoms. The van der Waals surface area contributed by atoms with Crippen LogP contribution in [0.3, 0.4) is 0 Å². The largest absolute Gasteiger partial charge is 0.346 e. The molecule has 0 aliphatic carbocycles. The Labute approximate surface area is 297 Å². The molecule has 0 radical (unpaired) electrons. The van der Waals surface area contributed by atoms with Crippen LogP contribution in [0.15, 0.2) is 24.3 Å². The van der Waals surface area contributed by atoms with Crippen LogP contribution in [0.2, 0.25) is 0 Å². The minimum absolute atomic E-state index is 0.0720. The fourth-order valence-electron chi connectivity index (χ4n) is 5.71. The molecule has 0 aliphatic rings. The summed E-state index contributed by atoms with van der Waals surface area (Å²) in [5.41, 5.74) is 0.927. The number of allylic oxidation sites excluding steroid dienone is 4. The maximum absolute atomic E-state index is 12.4. The molecular formula is C41H77ClN3O2+. The second-order valence-electron chi connectivity index (χ2n) is 13.6. The summed E-state index contributed by atoms with van der Waals surface area (Å²) in [7, 11) is 1.90. The quantitative estimate of drug-likeness (QED) is 0.0175. The van der Waals surface area contributed by atoms with Crippen LogP contribution in [-0.4, -0.2) is 48.2 Å². The number of nitrogens with zero attached hydrogens (tertiary/aromatic N) is 1. The minimum atomic E-state index is 0.0720. The van der Waals surface area contributed by atoms with E-state index < -0.39 is 0 Å². The van der Waals surface area contributed by atoms with Gasteiger partial charge < -0.3 is 10.6 Å². The van der Waals surface area contributed by atoms with Crippen LogP contribution in [0.4, 0.5) is 0 Å². The number of unbranched alkanes of at least 4 members (excludes halogenated alkanes) is 22. The van der Waals surface area contributed by atoms with E-state index in [0.29, 0.717) is 31.9 Å². The Morgan fingerprint density at radius 3 is 1.11 bits per heavy atom. The van der Waals surface area contributed by atoms with Crippen LogP contribution in [0.25, 0.3) is 0 Å². The lowest BCUT2D eigenvalue weighted by Gasteiger charge is -2.09. The van der Waals surface area contributed by atoms with E-state index in [1.165, 1.54) is 141 Å². The molecule has 0 rings (SSSR count).